The standard InChI is InChI=1S/C22H24N2O5/c1-14-5-4-6-15(11-14)18-13-19(24(23-18)21(25)9-10-22(26)27)17-8-7-16(28-2)12-20(17)29-3/h4-8,11-12,19H,9-10,13H2,1-3H3,(H,26,27)/t19-/m1/s1. The molecule has 2 aromatic carbocycles. The number of rotatable bonds is 7. The summed E-state index contributed by atoms with van der Waals surface area (Å²) in [7, 11) is 3.14. The highest BCUT2D eigenvalue weighted by Gasteiger charge is 2.35. The van der Waals surface area contributed by atoms with Gasteiger partial charge in [0.05, 0.1) is 32.4 Å². The number of aryl methyl sites for hydroxylation is 1. The Hall–Kier alpha value is -3.35. The zero-order valence-electron chi connectivity index (χ0n) is 16.7. The van der Waals surface area contributed by atoms with Crippen molar-refractivity contribution in [2.24, 2.45) is 5.10 Å². The van der Waals surface area contributed by atoms with Crippen LogP contribution in [0.25, 0.3) is 0 Å². The van der Waals surface area contributed by atoms with Crippen LogP contribution in [0.5, 0.6) is 11.5 Å². The average Bonchev–Trinajstić information content (AvgIpc) is 3.16. The van der Waals surface area contributed by atoms with Gasteiger partial charge < -0.3 is 14.6 Å². The third-order valence-electron chi connectivity index (χ3n) is 4.87. The van der Waals surface area contributed by atoms with E-state index >= 15 is 0 Å². The lowest BCUT2D eigenvalue weighted by Crippen LogP contribution is -2.27. The largest absolute Gasteiger partial charge is 0.497 e. The second-order valence-corrected chi connectivity index (χ2v) is 6.88. The van der Waals surface area contributed by atoms with Crippen molar-refractivity contribution < 1.29 is 24.2 Å². The van der Waals surface area contributed by atoms with Gasteiger partial charge in [-0.1, -0.05) is 29.8 Å². The van der Waals surface area contributed by atoms with E-state index in [0.29, 0.717) is 17.9 Å². The van der Waals surface area contributed by atoms with E-state index in [1.54, 1.807) is 20.3 Å². The number of benzene rings is 2. The van der Waals surface area contributed by atoms with E-state index in [2.05, 4.69) is 5.10 Å². The first-order valence-corrected chi connectivity index (χ1v) is 9.33. The molecule has 29 heavy (non-hydrogen) atoms. The number of hydrazone groups is 1. The molecule has 7 nitrogen and oxygen atoms in total. The number of hydrogen-bond acceptors (Lipinski definition) is 5. The van der Waals surface area contributed by atoms with E-state index in [0.717, 1.165) is 22.4 Å². The molecule has 1 heterocycles. The summed E-state index contributed by atoms with van der Waals surface area (Å²) in [4.78, 5) is 23.7. The second-order valence-electron chi connectivity index (χ2n) is 6.88. The molecule has 0 saturated carbocycles. The molecule has 1 atom stereocenters. The van der Waals surface area contributed by atoms with Crippen LogP contribution >= 0.6 is 0 Å². The molecule has 2 aromatic rings. The summed E-state index contributed by atoms with van der Waals surface area (Å²) in [5.41, 5.74) is 3.61. The summed E-state index contributed by atoms with van der Waals surface area (Å²) in [6.45, 7) is 2.00. The van der Waals surface area contributed by atoms with Crippen molar-refractivity contribution >= 4 is 17.6 Å². The van der Waals surface area contributed by atoms with Gasteiger partial charge in [-0.25, -0.2) is 5.01 Å². The van der Waals surface area contributed by atoms with Crippen LogP contribution in [-0.4, -0.2) is 41.9 Å². The maximum atomic E-state index is 12.8. The molecular formula is C22H24N2O5. The molecule has 1 aliphatic heterocycles. The van der Waals surface area contributed by atoms with Gasteiger partial charge in [0.25, 0.3) is 0 Å². The monoisotopic (exact) mass is 396 g/mol. The third-order valence-corrected chi connectivity index (χ3v) is 4.87. The Morgan fingerprint density at radius 2 is 1.93 bits per heavy atom. The molecule has 3 rings (SSSR count). The van der Waals surface area contributed by atoms with Crippen LogP contribution in [0.4, 0.5) is 0 Å². The molecule has 0 saturated heterocycles. The van der Waals surface area contributed by atoms with Crippen molar-refractivity contribution in [1.29, 1.82) is 0 Å². The second kappa shape index (κ2) is 8.77. The Balaban J connectivity index is 1.98. The fraction of sp³-hybridized carbons (Fsp3) is 0.318. The molecule has 0 unspecified atom stereocenters. The van der Waals surface area contributed by atoms with Gasteiger partial charge in [-0.05, 0) is 24.6 Å². The van der Waals surface area contributed by atoms with Crippen LogP contribution in [-0.2, 0) is 9.59 Å². The van der Waals surface area contributed by atoms with Crippen LogP contribution in [0.1, 0.15) is 42.0 Å². The number of carbonyl (C=O) groups excluding carboxylic acids is 1. The number of amides is 1. The summed E-state index contributed by atoms with van der Waals surface area (Å²) in [6, 6.07) is 13.0. The molecule has 152 valence electrons. The Bertz CT molecular complexity index is 954. The topological polar surface area (TPSA) is 88.4 Å². The van der Waals surface area contributed by atoms with E-state index in [1.165, 1.54) is 5.01 Å². The minimum absolute atomic E-state index is 0.116. The van der Waals surface area contributed by atoms with Crippen LogP contribution in [0.15, 0.2) is 47.6 Å². The Labute approximate surface area is 169 Å². The van der Waals surface area contributed by atoms with Crippen molar-refractivity contribution in [3.8, 4) is 11.5 Å². The first-order chi connectivity index (χ1) is 13.9. The van der Waals surface area contributed by atoms with Crippen molar-refractivity contribution in [2.75, 3.05) is 14.2 Å². The fourth-order valence-corrected chi connectivity index (χ4v) is 3.40. The van der Waals surface area contributed by atoms with Gasteiger partial charge >= 0.3 is 5.97 Å². The van der Waals surface area contributed by atoms with Crippen molar-refractivity contribution in [1.82, 2.24) is 5.01 Å². The van der Waals surface area contributed by atoms with Gasteiger partial charge in [0, 0.05) is 24.5 Å². The molecule has 0 aromatic heterocycles. The number of carboxylic acid groups (broad SMARTS) is 1. The third kappa shape index (κ3) is 4.56. The Kier molecular flexibility index (Phi) is 6.16. The molecule has 0 spiro atoms. The SMILES string of the molecule is COc1ccc([C@H]2CC(c3cccc(C)c3)=NN2C(=O)CCC(=O)O)c(OC)c1. The van der Waals surface area contributed by atoms with E-state index < -0.39 is 5.97 Å². The summed E-state index contributed by atoms with van der Waals surface area (Å²) < 4.78 is 10.8. The van der Waals surface area contributed by atoms with Crippen LogP contribution in [0.2, 0.25) is 0 Å². The lowest BCUT2D eigenvalue weighted by atomic mass is 9.96. The van der Waals surface area contributed by atoms with Gasteiger partial charge in [0.1, 0.15) is 11.5 Å². The van der Waals surface area contributed by atoms with E-state index in [9.17, 15) is 9.59 Å². The summed E-state index contributed by atoms with van der Waals surface area (Å²) in [5, 5.41) is 14.9. The Morgan fingerprint density at radius 3 is 2.59 bits per heavy atom. The molecule has 1 aliphatic rings. The molecule has 0 bridgehead atoms. The fourth-order valence-electron chi connectivity index (χ4n) is 3.40. The normalized spacial score (nSPS) is 15.8. The number of aliphatic carboxylic acids is 1. The van der Waals surface area contributed by atoms with Crippen molar-refractivity contribution in [3.05, 3.63) is 59.2 Å². The van der Waals surface area contributed by atoms with Crippen molar-refractivity contribution in [2.45, 2.75) is 32.2 Å². The van der Waals surface area contributed by atoms with Crippen LogP contribution in [0, 0.1) is 6.92 Å². The summed E-state index contributed by atoms with van der Waals surface area (Å²) >= 11 is 0. The summed E-state index contributed by atoms with van der Waals surface area (Å²) in [5.74, 6) is -0.116. The molecule has 1 N–H and O–H groups in total. The molecule has 0 fully saturated rings. The van der Waals surface area contributed by atoms with Crippen molar-refractivity contribution in [3.63, 3.8) is 0 Å². The number of ether oxygens (including phenoxy) is 2. The van der Waals surface area contributed by atoms with Crippen LogP contribution < -0.4 is 9.47 Å². The minimum Gasteiger partial charge on any atom is -0.497 e. The smallest absolute Gasteiger partial charge is 0.303 e. The lowest BCUT2D eigenvalue weighted by molar-refractivity contribution is -0.141. The first kappa shape index (κ1) is 20.4. The average molecular weight is 396 g/mol. The zero-order valence-corrected chi connectivity index (χ0v) is 16.7. The van der Waals surface area contributed by atoms with Gasteiger partial charge in [0.15, 0.2) is 0 Å². The Morgan fingerprint density at radius 1 is 1.14 bits per heavy atom. The van der Waals surface area contributed by atoms with Gasteiger partial charge in [0.2, 0.25) is 5.91 Å². The molecule has 0 aliphatic carbocycles. The lowest BCUT2D eigenvalue weighted by Gasteiger charge is -2.23. The molecule has 1 amide bonds. The zero-order chi connectivity index (χ0) is 21.0. The highest BCUT2D eigenvalue weighted by atomic mass is 16.5. The summed E-state index contributed by atoms with van der Waals surface area (Å²) in [6.07, 6.45) is 0.150. The van der Waals surface area contributed by atoms with E-state index in [1.807, 2.05) is 43.3 Å². The predicted molar refractivity (Wildman–Crippen MR) is 108 cm³/mol. The minimum atomic E-state index is -1.01. The number of hydrogen-bond donors (Lipinski definition) is 1. The van der Waals surface area contributed by atoms with Gasteiger partial charge in [-0.15, -0.1) is 0 Å². The maximum Gasteiger partial charge on any atom is 0.303 e. The highest BCUT2D eigenvalue weighted by molar-refractivity contribution is 6.03. The molecular weight excluding hydrogens is 372 g/mol. The number of carboxylic acids is 1. The predicted octanol–water partition coefficient (Wildman–Crippen LogP) is 3.55. The molecule has 0 radical (unpaired) electrons. The quantitative estimate of drug-likeness (QED) is 0.773. The number of nitrogens with zero attached hydrogens (tertiary/aromatic N) is 2. The maximum absolute atomic E-state index is 12.8. The van der Waals surface area contributed by atoms with E-state index in [-0.39, 0.29) is 24.8 Å². The number of carbonyl (C=O) groups is 2. The van der Waals surface area contributed by atoms with Gasteiger partial charge in [-0.2, -0.15) is 5.10 Å². The number of methoxy groups -OCH3 is 2. The highest BCUT2D eigenvalue weighted by Crippen LogP contribution is 2.39. The molecule has 7 heteroatoms. The van der Waals surface area contributed by atoms with Crippen LogP contribution in [0.3, 0.4) is 0 Å². The first-order valence-electron chi connectivity index (χ1n) is 9.33. The van der Waals surface area contributed by atoms with Gasteiger partial charge in [-0.3, -0.25) is 9.59 Å². The van der Waals surface area contributed by atoms with E-state index in [4.69, 9.17) is 14.6 Å².